The van der Waals surface area contributed by atoms with Crippen LogP contribution in [0.25, 0.3) is 0 Å². The van der Waals surface area contributed by atoms with E-state index in [4.69, 9.17) is 9.47 Å². The normalized spacial score (nSPS) is 20.2. The van der Waals surface area contributed by atoms with Gasteiger partial charge in [0.15, 0.2) is 0 Å². The van der Waals surface area contributed by atoms with Crippen molar-refractivity contribution < 1.29 is 9.47 Å². The lowest BCUT2D eigenvalue weighted by Crippen LogP contribution is -2.50. The standard InChI is InChI=1S/C16H33N3.C13H26N2O2.5C2H6/c1-3-8-18-12-14-19(15-13-18)9-4-5-16-6-10-17(2)11-7-16;1-3-15-6-4-12(5-7-15)16-8-9-17-13-10-14(2)11-13;5*1-2/h16H,3-15H2,1-2H3;12-13H,3-11H2,1-2H3;5*1-2H3. The van der Waals surface area contributed by atoms with Gasteiger partial charge in [-0.1, -0.05) is 83.1 Å². The largest absolute Gasteiger partial charge is 0.376 e. The third kappa shape index (κ3) is 25.7. The van der Waals surface area contributed by atoms with Crippen LogP contribution in [0.4, 0.5) is 0 Å². The molecule has 0 aromatic heterocycles. The highest BCUT2D eigenvalue weighted by Crippen LogP contribution is 2.21. The molecule has 282 valence electrons. The van der Waals surface area contributed by atoms with E-state index in [1.807, 2.05) is 69.2 Å². The molecule has 0 aromatic carbocycles. The van der Waals surface area contributed by atoms with E-state index < -0.39 is 0 Å². The number of hydrogen-bond acceptors (Lipinski definition) is 7. The van der Waals surface area contributed by atoms with E-state index in [9.17, 15) is 0 Å². The second-order valence-corrected chi connectivity index (χ2v) is 11.8. The third-order valence-corrected chi connectivity index (χ3v) is 8.73. The van der Waals surface area contributed by atoms with Gasteiger partial charge in [0.05, 0.1) is 25.4 Å². The second-order valence-electron chi connectivity index (χ2n) is 11.8. The highest BCUT2D eigenvalue weighted by molar-refractivity contribution is 4.77. The van der Waals surface area contributed by atoms with E-state index in [1.54, 1.807) is 0 Å². The van der Waals surface area contributed by atoms with E-state index >= 15 is 0 Å². The lowest BCUT2D eigenvalue weighted by Gasteiger charge is -2.36. The summed E-state index contributed by atoms with van der Waals surface area (Å²) in [6.07, 6.45) is 10.3. The Morgan fingerprint density at radius 3 is 1.39 bits per heavy atom. The van der Waals surface area contributed by atoms with Crippen molar-refractivity contribution >= 4 is 0 Å². The van der Waals surface area contributed by atoms with Gasteiger partial charge < -0.3 is 34.0 Å². The number of piperazine rings is 1. The van der Waals surface area contributed by atoms with Gasteiger partial charge >= 0.3 is 0 Å². The number of rotatable bonds is 12. The van der Waals surface area contributed by atoms with Crippen LogP contribution in [0.3, 0.4) is 0 Å². The molecule has 0 aliphatic carbocycles. The Morgan fingerprint density at radius 2 is 0.957 bits per heavy atom. The van der Waals surface area contributed by atoms with Crippen molar-refractivity contribution in [1.29, 1.82) is 0 Å². The highest BCUT2D eigenvalue weighted by Gasteiger charge is 2.24. The smallest absolute Gasteiger partial charge is 0.0829 e. The van der Waals surface area contributed by atoms with Gasteiger partial charge in [0, 0.05) is 52.4 Å². The van der Waals surface area contributed by atoms with E-state index in [0.29, 0.717) is 12.2 Å². The molecule has 0 amide bonds. The van der Waals surface area contributed by atoms with Crippen molar-refractivity contribution in [3.05, 3.63) is 0 Å². The fraction of sp³-hybridized carbons (Fsp3) is 1.00. The fourth-order valence-electron chi connectivity index (χ4n) is 6.08. The summed E-state index contributed by atoms with van der Waals surface area (Å²) in [5.41, 5.74) is 0. The van der Waals surface area contributed by atoms with Crippen molar-refractivity contribution in [1.82, 2.24) is 24.5 Å². The van der Waals surface area contributed by atoms with Crippen LogP contribution in [-0.4, -0.2) is 149 Å². The first-order chi connectivity index (χ1) is 22.6. The number of nitrogens with zero attached hydrogens (tertiary/aromatic N) is 5. The molecule has 0 radical (unpaired) electrons. The van der Waals surface area contributed by atoms with Crippen molar-refractivity contribution in [3.8, 4) is 0 Å². The predicted octanol–water partition coefficient (Wildman–Crippen LogP) is 8.08. The Hall–Kier alpha value is -0.280. The molecule has 4 aliphatic heterocycles. The number of ether oxygens (including phenoxy) is 2. The van der Waals surface area contributed by atoms with Gasteiger partial charge in [-0.2, -0.15) is 0 Å². The SMILES string of the molecule is CC.CC.CC.CC.CC.CCCN1CCN(CCCC2CCN(C)CC2)CC1.CCN1CCC(OCCOC2CN(C)C2)CC1. The highest BCUT2D eigenvalue weighted by atomic mass is 16.5. The maximum absolute atomic E-state index is 5.86. The van der Waals surface area contributed by atoms with Crippen LogP contribution in [0.15, 0.2) is 0 Å². The molecule has 0 spiro atoms. The Labute approximate surface area is 292 Å². The van der Waals surface area contributed by atoms with Crippen LogP contribution in [-0.2, 0) is 9.47 Å². The van der Waals surface area contributed by atoms with Gasteiger partial charge in [0.25, 0.3) is 0 Å². The van der Waals surface area contributed by atoms with Gasteiger partial charge in [-0.25, -0.2) is 0 Å². The van der Waals surface area contributed by atoms with Crippen LogP contribution in [0, 0.1) is 5.92 Å². The number of piperidine rings is 2. The van der Waals surface area contributed by atoms with Crippen LogP contribution >= 0.6 is 0 Å². The van der Waals surface area contributed by atoms with Crippen LogP contribution < -0.4 is 0 Å². The average Bonchev–Trinajstić information content (AvgIpc) is 3.12. The van der Waals surface area contributed by atoms with Crippen LogP contribution in [0.2, 0.25) is 0 Å². The summed E-state index contributed by atoms with van der Waals surface area (Å²) in [6.45, 7) is 42.2. The summed E-state index contributed by atoms with van der Waals surface area (Å²) in [5, 5.41) is 0. The minimum Gasteiger partial charge on any atom is -0.376 e. The molecule has 0 N–H and O–H groups in total. The van der Waals surface area contributed by atoms with Crippen molar-refractivity contribution in [2.45, 2.75) is 140 Å². The Bertz CT molecular complexity index is 540. The molecule has 0 atom stereocenters. The number of hydrogen-bond donors (Lipinski definition) is 0. The Morgan fingerprint density at radius 1 is 0.500 bits per heavy atom. The maximum Gasteiger partial charge on any atom is 0.0829 e. The molecule has 4 saturated heterocycles. The van der Waals surface area contributed by atoms with Gasteiger partial charge in [-0.3, -0.25) is 0 Å². The molecule has 46 heavy (non-hydrogen) atoms. The molecule has 4 rings (SSSR count). The van der Waals surface area contributed by atoms with E-state index in [-0.39, 0.29) is 0 Å². The van der Waals surface area contributed by atoms with Crippen molar-refractivity contribution in [2.24, 2.45) is 5.92 Å². The summed E-state index contributed by atoms with van der Waals surface area (Å²) in [6, 6.07) is 0. The second kappa shape index (κ2) is 37.5. The first-order valence-electron chi connectivity index (χ1n) is 20.3. The molecule has 0 aromatic rings. The fourth-order valence-corrected chi connectivity index (χ4v) is 6.08. The monoisotopic (exact) mass is 660 g/mol. The van der Waals surface area contributed by atoms with Gasteiger partial charge in [0.1, 0.15) is 0 Å². The molecule has 4 aliphatic rings. The average molecular weight is 660 g/mol. The molecule has 0 bridgehead atoms. The molecule has 7 nitrogen and oxygen atoms in total. The molecular weight excluding hydrogens is 570 g/mol. The molecule has 4 heterocycles. The summed E-state index contributed by atoms with van der Waals surface area (Å²) < 4.78 is 11.6. The number of likely N-dealkylation sites (tertiary alicyclic amines) is 3. The zero-order valence-electron chi connectivity index (χ0n) is 34.3. The lowest BCUT2D eigenvalue weighted by atomic mass is 9.92. The minimum atomic E-state index is 0.450. The van der Waals surface area contributed by atoms with Gasteiger partial charge in [0.2, 0.25) is 0 Å². The van der Waals surface area contributed by atoms with E-state index in [2.05, 4.69) is 52.4 Å². The zero-order valence-corrected chi connectivity index (χ0v) is 34.3. The molecule has 0 saturated carbocycles. The lowest BCUT2D eigenvalue weighted by molar-refractivity contribution is -0.0781. The minimum absolute atomic E-state index is 0.450. The van der Waals surface area contributed by atoms with Crippen molar-refractivity contribution in [3.63, 3.8) is 0 Å². The Balaban J connectivity index is -0.000000634. The van der Waals surface area contributed by atoms with Crippen LogP contribution in [0.5, 0.6) is 0 Å². The first kappa shape index (κ1) is 50.1. The summed E-state index contributed by atoms with van der Waals surface area (Å²) in [5.74, 6) is 1.01. The Kier molecular flexibility index (Phi) is 40.9. The van der Waals surface area contributed by atoms with Gasteiger partial charge in [-0.05, 0) is 97.7 Å². The molecular formula is C39H89N5O2. The first-order valence-corrected chi connectivity index (χ1v) is 20.3. The topological polar surface area (TPSA) is 34.7 Å². The molecule has 4 fully saturated rings. The predicted molar refractivity (Wildman–Crippen MR) is 208 cm³/mol. The summed E-state index contributed by atoms with van der Waals surface area (Å²) >= 11 is 0. The number of likely N-dealkylation sites (N-methyl/N-ethyl adjacent to an activating group) is 1. The third-order valence-electron chi connectivity index (χ3n) is 8.73. The van der Waals surface area contributed by atoms with E-state index in [1.165, 1.54) is 117 Å². The maximum atomic E-state index is 5.86. The van der Waals surface area contributed by atoms with Gasteiger partial charge in [-0.15, -0.1) is 0 Å². The van der Waals surface area contributed by atoms with Crippen molar-refractivity contribution in [2.75, 3.05) is 112 Å². The molecule has 7 heteroatoms. The van der Waals surface area contributed by atoms with E-state index in [0.717, 1.165) is 32.2 Å². The zero-order chi connectivity index (χ0) is 35.6. The summed E-state index contributed by atoms with van der Waals surface area (Å²) in [4.78, 5) is 12.5. The summed E-state index contributed by atoms with van der Waals surface area (Å²) in [7, 11) is 4.38. The quantitative estimate of drug-likeness (QED) is 0.196. The van der Waals surface area contributed by atoms with Crippen LogP contribution in [0.1, 0.15) is 128 Å². The molecule has 0 unspecified atom stereocenters.